The van der Waals surface area contributed by atoms with Crippen LogP contribution in [-0.2, 0) is 0 Å². The number of nitrogens with zero attached hydrogens (tertiary/aromatic N) is 2. The molecular weight excluding hydrogens is 544 g/mol. The Morgan fingerprint density at radius 2 is 0.930 bits per heavy atom. The number of hydrogen-bond acceptors (Lipinski definition) is 8. The number of rotatable bonds is 12. The largest absolute Gasteiger partial charge is 0.507 e. The third-order valence-corrected chi connectivity index (χ3v) is 6.99. The van der Waals surface area contributed by atoms with E-state index in [9.17, 15) is 10.2 Å². The van der Waals surface area contributed by atoms with Gasteiger partial charge in [0.1, 0.15) is 34.5 Å². The fourth-order valence-corrected chi connectivity index (χ4v) is 4.73. The molecule has 0 bridgehead atoms. The third kappa shape index (κ3) is 7.27. The SMILES string of the molecule is COc1cccc(OC)c1-c1ccc(O)c(C=NCC(C)(C)CN=Cc2cc(-c3c(OC)cccc3OC)ccc2O)c1. The minimum atomic E-state index is -0.287. The smallest absolute Gasteiger partial charge is 0.130 e. The van der Waals surface area contributed by atoms with E-state index in [1.54, 1.807) is 53.0 Å². The van der Waals surface area contributed by atoms with Crippen molar-refractivity contribution in [2.75, 3.05) is 41.5 Å². The first-order valence-corrected chi connectivity index (χ1v) is 13.8. The normalized spacial score (nSPS) is 11.7. The van der Waals surface area contributed by atoms with Crippen molar-refractivity contribution in [2.45, 2.75) is 13.8 Å². The van der Waals surface area contributed by atoms with Gasteiger partial charge < -0.3 is 29.2 Å². The molecule has 0 spiro atoms. The molecule has 224 valence electrons. The Balaban J connectivity index is 1.49. The number of ether oxygens (including phenoxy) is 4. The van der Waals surface area contributed by atoms with Gasteiger partial charge in [-0.25, -0.2) is 0 Å². The number of methoxy groups -OCH3 is 4. The molecule has 0 aliphatic carbocycles. The fraction of sp³-hybridized carbons (Fsp3) is 0.257. The van der Waals surface area contributed by atoms with E-state index in [0.717, 1.165) is 22.3 Å². The number of hydrogen-bond donors (Lipinski definition) is 2. The topological polar surface area (TPSA) is 102 Å². The van der Waals surface area contributed by atoms with E-state index in [0.29, 0.717) is 47.2 Å². The van der Waals surface area contributed by atoms with Crippen LogP contribution in [0.1, 0.15) is 25.0 Å². The van der Waals surface area contributed by atoms with E-state index in [-0.39, 0.29) is 16.9 Å². The first-order chi connectivity index (χ1) is 20.7. The summed E-state index contributed by atoms with van der Waals surface area (Å²) in [4.78, 5) is 9.26. The molecule has 8 heteroatoms. The van der Waals surface area contributed by atoms with Gasteiger partial charge in [0.2, 0.25) is 0 Å². The molecule has 8 nitrogen and oxygen atoms in total. The predicted molar refractivity (Wildman–Crippen MR) is 172 cm³/mol. The zero-order valence-corrected chi connectivity index (χ0v) is 25.4. The van der Waals surface area contributed by atoms with Crippen molar-refractivity contribution in [3.8, 4) is 56.8 Å². The van der Waals surface area contributed by atoms with Crippen molar-refractivity contribution in [2.24, 2.45) is 15.4 Å². The number of benzene rings is 4. The zero-order valence-electron chi connectivity index (χ0n) is 25.4. The van der Waals surface area contributed by atoms with E-state index in [4.69, 9.17) is 18.9 Å². The molecule has 4 aromatic rings. The number of aromatic hydroxyl groups is 2. The van der Waals surface area contributed by atoms with E-state index >= 15 is 0 Å². The Morgan fingerprint density at radius 3 is 1.26 bits per heavy atom. The second-order valence-electron chi connectivity index (χ2n) is 10.7. The Kier molecular flexibility index (Phi) is 9.93. The summed E-state index contributed by atoms with van der Waals surface area (Å²) in [6.07, 6.45) is 3.34. The third-order valence-electron chi connectivity index (χ3n) is 6.99. The summed E-state index contributed by atoms with van der Waals surface area (Å²) >= 11 is 0. The molecule has 0 aliphatic rings. The lowest BCUT2D eigenvalue weighted by atomic mass is 9.94. The van der Waals surface area contributed by atoms with Crippen LogP contribution < -0.4 is 18.9 Å². The lowest BCUT2D eigenvalue weighted by Gasteiger charge is -2.19. The van der Waals surface area contributed by atoms with Crippen LogP contribution in [0, 0.1) is 5.41 Å². The van der Waals surface area contributed by atoms with Crippen LogP contribution in [-0.4, -0.2) is 64.2 Å². The number of phenolic OH excluding ortho intramolecular Hbond substituents is 2. The van der Waals surface area contributed by atoms with Gasteiger partial charge in [0.25, 0.3) is 0 Å². The molecule has 0 unspecified atom stereocenters. The van der Waals surface area contributed by atoms with Gasteiger partial charge >= 0.3 is 0 Å². The van der Waals surface area contributed by atoms with Crippen molar-refractivity contribution in [1.82, 2.24) is 0 Å². The molecule has 0 atom stereocenters. The number of phenols is 2. The number of aliphatic imine (C=N–C) groups is 2. The molecule has 0 saturated carbocycles. The highest BCUT2D eigenvalue weighted by Crippen LogP contribution is 2.40. The average Bonchev–Trinajstić information content (AvgIpc) is 3.01. The summed E-state index contributed by atoms with van der Waals surface area (Å²) in [7, 11) is 6.45. The standard InChI is InChI=1S/C35H38N2O6/c1-35(2,21-36-19-25-17-23(13-15-27(25)38)33-29(40-3)9-7-10-30(33)41-4)22-37-20-26-18-24(14-16-28(26)39)34-31(42-5)11-8-12-32(34)43-6/h7-20,38-39H,21-22H2,1-6H3. The van der Waals surface area contributed by atoms with E-state index < -0.39 is 0 Å². The predicted octanol–water partition coefficient (Wildman–Crippen LogP) is 7.03. The highest BCUT2D eigenvalue weighted by Gasteiger charge is 2.18. The fourth-order valence-electron chi connectivity index (χ4n) is 4.73. The Morgan fingerprint density at radius 1 is 0.581 bits per heavy atom. The van der Waals surface area contributed by atoms with Gasteiger partial charge in [-0.2, -0.15) is 0 Å². The van der Waals surface area contributed by atoms with E-state index in [1.807, 2.05) is 60.7 Å². The second-order valence-corrected chi connectivity index (χ2v) is 10.7. The van der Waals surface area contributed by atoms with Crippen LogP contribution >= 0.6 is 0 Å². The van der Waals surface area contributed by atoms with Crippen LogP contribution in [0.5, 0.6) is 34.5 Å². The van der Waals surface area contributed by atoms with Crippen LogP contribution in [0.2, 0.25) is 0 Å². The summed E-state index contributed by atoms with van der Waals surface area (Å²) in [6, 6.07) is 21.8. The Bertz CT molecular complexity index is 1460. The van der Waals surface area contributed by atoms with E-state index in [1.165, 1.54) is 0 Å². The van der Waals surface area contributed by atoms with Crippen LogP contribution in [0.25, 0.3) is 22.3 Å². The Hall–Kier alpha value is -4.98. The van der Waals surface area contributed by atoms with Gasteiger partial charge in [0, 0.05) is 42.1 Å². The molecule has 0 radical (unpaired) electrons. The Labute approximate surface area is 252 Å². The molecule has 4 aromatic carbocycles. The molecular formula is C35H38N2O6. The maximum atomic E-state index is 10.5. The van der Waals surface area contributed by atoms with Crippen LogP contribution in [0.3, 0.4) is 0 Å². The van der Waals surface area contributed by atoms with Gasteiger partial charge in [-0.3, -0.25) is 9.98 Å². The molecule has 2 N–H and O–H groups in total. The maximum Gasteiger partial charge on any atom is 0.130 e. The maximum absolute atomic E-state index is 10.5. The van der Waals surface area contributed by atoms with Crippen molar-refractivity contribution in [3.05, 3.63) is 83.9 Å². The first-order valence-electron chi connectivity index (χ1n) is 13.8. The van der Waals surface area contributed by atoms with Crippen molar-refractivity contribution >= 4 is 12.4 Å². The summed E-state index contributed by atoms with van der Waals surface area (Å²) in [6.45, 7) is 5.06. The van der Waals surface area contributed by atoms with Crippen molar-refractivity contribution in [3.63, 3.8) is 0 Å². The zero-order chi connectivity index (χ0) is 31.0. The molecule has 0 fully saturated rings. The van der Waals surface area contributed by atoms with Gasteiger partial charge in [-0.15, -0.1) is 0 Å². The summed E-state index contributed by atoms with van der Waals surface area (Å²) in [5.74, 6) is 2.94. The highest BCUT2D eigenvalue weighted by molar-refractivity contribution is 5.89. The molecule has 0 aromatic heterocycles. The molecule has 0 amide bonds. The first kappa shape index (κ1) is 31.0. The van der Waals surface area contributed by atoms with Gasteiger partial charge in [0.05, 0.1) is 39.6 Å². The van der Waals surface area contributed by atoms with Gasteiger partial charge in [0.15, 0.2) is 0 Å². The highest BCUT2D eigenvalue weighted by atomic mass is 16.5. The van der Waals surface area contributed by atoms with Crippen LogP contribution in [0.15, 0.2) is 82.8 Å². The summed E-state index contributed by atoms with van der Waals surface area (Å²) in [5, 5.41) is 21.0. The van der Waals surface area contributed by atoms with Gasteiger partial charge in [-0.1, -0.05) is 38.1 Å². The summed E-state index contributed by atoms with van der Waals surface area (Å²) < 4.78 is 22.2. The molecule has 0 saturated heterocycles. The van der Waals surface area contributed by atoms with Gasteiger partial charge in [-0.05, 0) is 59.7 Å². The molecule has 43 heavy (non-hydrogen) atoms. The molecule has 0 aliphatic heterocycles. The van der Waals surface area contributed by atoms with Crippen molar-refractivity contribution < 1.29 is 29.2 Å². The molecule has 0 heterocycles. The lowest BCUT2D eigenvalue weighted by Crippen LogP contribution is -2.19. The quantitative estimate of drug-likeness (QED) is 0.174. The van der Waals surface area contributed by atoms with Crippen LogP contribution in [0.4, 0.5) is 0 Å². The monoisotopic (exact) mass is 582 g/mol. The minimum absolute atomic E-state index is 0.124. The molecule has 4 rings (SSSR count). The second kappa shape index (κ2) is 13.8. The summed E-state index contributed by atoms with van der Waals surface area (Å²) in [5.41, 5.74) is 4.15. The minimum Gasteiger partial charge on any atom is -0.507 e. The van der Waals surface area contributed by atoms with E-state index in [2.05, 4.69) is 23.8 Å². The lowest BCUT2D eigenvalue weighted by molar-refractivity contribution is 0.396. The van der Waals surface area contributed by atoms with Crippen molar-refractivity contribution in [1.29, 1.82) is 0 Å². The average molecular weight is 583 g/mol.